The van der Waals surface area contributed by atoms with Gasteiger partial charge in [0.15, 0.2) is 0 Å². The highest BCUT2D eigenvalue weighted by molar-refractivity contribution is 5.78. The molecule has 15 heavy (non-hydrogen) atoms. The zero-order chi connectivity index (χ0) is 11.4. The molecular formula is C14H19N. The number of rotatable bonds is 3. The summed E-state index contributed by atoms with van der Waals surface area (Å²) in [4.78, 5) is 3.24. The molecule has 0 unspecified atom stereocenters. The molecule has 0 radical (unpaired) electrons. The lowest BCUT2D eigenvalue weighted by Crippen LogP contribution is -1.82. The summed E-state index contributed by atoms with van der Waals surface area (Å²) in [5.41, 5.74) is 6.16. The third kappa shape index (κ3) is 2.50. The summed E-state index contributed by atoms with van der Waals surface area (Å²) in [6, 6.07) is 0. The van der Waals surface area contributed by atoms with Crippen LogP contribution in [0.2, 0.25) is 0 Å². The molecule has 0 spiro atoms. The normalized spacial score (nSPS) is 11.3. The third-order valence-electron chi connectivity index (χ3n) is 2.45. The fraction of sp³-hybridized carbons (Fsp3) is 0.286. The Morgan fingerprint density at radius 2 is 2.00 bits per heavy atom. The minimum atomic E-state index is 1.09. The van der Waals surface area contributed by atoms with Crippen molar-refractivity contribution in [1.29, 1.82) is 0 Å². The van der Waals surface area contributed by atoms with E-state index in [4.69, 9.17) is 0 Å². The van der Waals surface area contributed by atoms with Crippen LogP contribution in [0.3, 0.4) is 0 Å². The molecule has 0 atom stereocenters. The van der Waals surface area contributed by atoms with Crippen LogP contribution in [-0.2, 0) is 0 Å². The van der Waals surface area contributed by atoms with Gasteiger partial charge in [0.2, 0.25) is 0 Å². The fourth-order valence-corrected chi connectivity index (χ4v) is 1.55. The number of hydrogen-bond donors (Lipinski definition) is 1. The van der Waals surface area contributed by atoms with E-state index in [0.717, 1.165) is 5.69 Å². The molecule has 0 saturated heterocycles. The van der Waals surface area contributed by atoms with Gasteiger partial charge in [-0.3, -0.25) is 0 Å². The van der Waals surface area contributed by atoms with E-state index in [-0.39, 0.29) is 0 Å². The standard InChI is InChI=1S/C14H19N/c1-6-11(5)13-9-15-14(7-2)12(13)8-10(3)4/h6-9,15H,2H2,1,3-5H3/b11-6+. The summed E-state index contributed by atoms with van der Waals surface area (Å²) in [6.45, 7) is 12.2. The van der Waals surface area contributed by atoms with Gasteiger partial charge >= 0.3 is 0 Å². The summed E-state index contributed by atoms with van der Waals surface area (Å²) in [5.74, 6) is 0. The molecule has 1 heteroatoms. The van der Waals surface area contributed by atoms with Crippen LogP contribution < -0.4 is 0 Å². The van der Waals surface area contributed by atoms with Gasteiger partial charge in [0, 0.05) is 23.0 Å². The van der Waals surface area contributed by atoms with Crippen molar-refractivity contribution in [1.82, 2.24) is 4.98 Å². The zero-order valence-electron chi connectivity index (χ0n) is 10.0. The third-order valence-corrected chi connectivity index (χ3v) is 2.45. The van der Waals surface area contributed by atoms with Crippen molar-refractivity contribution in [2.24, 2.45) is 0 Å². The zero-order valence-corrected chi connectivity index (χ0v) is 10.0. The van der Waals surface area contributed by atoms with Crippen LogP contribution in [0.1, 0.15) is 44.5 Å². The Morgan fingerprint density at radius 3 is 2.47 bits per heavy atom. The van der Waals surface area contributed by atoms with Crippen LogP contribution in [-0.4, -0.2) is 4.98 Å². The maximum absolute atomic E-state index is 3.82. The molecule has 1 aromatic rings. The lowest BCUT2D eigenvalue weighted by atomic mass is 10.0. The Balaban J connectivity index is 3.36. The topological polar surface area (TPSA) is 15.8 Å². The molecule has 1 N–H and O–H groups in total. The lowest BCUT2D eigenvalue weighted by Gasteiger charge is -2.01. The van der Waals surface area contributed by atoms with E-state index < -0.39 is 0 Å². The molecule has 0 amide bonds. The van der Waals surface area contributed by atoms with E-state index >= 15 is 0 Å². The molecule has 80 valence electrons. The number of H-pyrrole nitrogens is 1. The van der Waals surface area contributed by atoms with Crippen LogP contribution in [0.15, 0.2) is 24.4 Å². The highest BCUT2D eigenvalue weighted by atomic mass is 14.7. The molecule has 1 rings (SSSR count). The van der Waals surface area contributed by atoms with Crippen LogP contribution in [0.5, 0.6) is 0 Å². The maximum Gasteiger partial charge on any atom is 0.0454 e. The molecule has 0 aromatic carbocycles. The molecule has 1 aromatic heterocycles. The highest BCUT2D eigenvalue weighted by Gasteiger charge is 2.07. The van der Waals surface area contributed by atoms with Gasteiger partial charge in [-0.15, -0.1) is 0 Å². The fourth-order valence-electron chi connectivity index (χ4n) is 1.55. The highest BCUT2D eigenvalue weighted by Crippen LogP contribution is 2.25. The second-order valence-corrected chi connectivity index (χ2v) is 3.93. The summed E-state index contributed by atoms with van der Waals surface area (Å²) < 4.78 is 0. The van der Waals surface area contributed by atoms with Gasteiger partial charge in [0.25, 0.3) is 0 Å². The van der Waals surface area contributed by atoms with E-state index in [1.54, 1.807) is 0 Å². The molecule has 0 aliphatic carbocycles. The molecule has 0 fully saturated rings. The molecule has 0 saturated carbocycles. The van der Waals surface area contributed by atoms with E-state index in [1.807, 2.05) is 12.3 Å². The first-order chi connectivity index (χ1) is 7.10. The van der Waals surface area contributed by atoms with Crippen LogP contribution >= 0.6 is 0 Å². The van der Waals surface area contributed by atoms with Crippen molar-refractivity contribution < 1.29 is 0 Å². The molecule has 1 heterocycles. The van der Waals surface area contributed by atoms with E-state index in [9.17, 15) is 0 Å². The second kappa shape index (κ2) is 4.83. The number of aromatic amines is 1. The first-order valence-electron chi connectivity index (χ1n) is 5.22. The predicted molar refractivity (Wildman–Crippen MR) is 69.5 cm³/mol. The van der Waals surface area contributed by atoms with Crippen LogP contribution in [0.25, 0.3) is 17.7 Å². The van der Waals surface area contributed by atoms with Gasteiger partial charge in [0.1, 0.15) is 0 Å². The first kappa shape index (κ1) is 11.6. The summed E-state index contributed by atoms with van der Waals surface area (Å²) in [6.07, 6.45) is 8.22. The van der Waals surface area contributed by atoms with Crippen LogP contribution in [0.4, 0.5) is 0 Å². The van der Waals surface area contributed by atoms with Gasteiger partial charge in [-0.1, -0.05) is 24.3 Å². The van der Waals surface area contributed by atoms with Gasteiger partial charge in [0.05, 0.1) is 0 Å². The molecular weight excluding hydrogens is 182 g/mol. The number of aromatic nitrogens is 1. The smallest absolute Gasteiger partial charge is 0.0454 e. The minimum Gasteiger partial charge on any atom is -0.361 e. The summed E-state index contributed by atoms with van der Waals surface area (Å²) >= 11 is 0. The largest absolute Gasteiger partial charge is 0.361 e. The first-order valence-corrected chi connectivity index (χ1v) is 5.22. The lowest BCUT2D eigenvalue weighted by molar-refractivity contribution is 1.36. The Kier molecular flexibility index (Phi) is 3.73. The van der Waals surface area contributed by atoms with E-state index in [2.05, 4.69) is 51.4 Å². The van der Waals surface area contributed by atoms with Crippen molar-refractivity contribution in [2.45, 2.75) is 27.7 Å². The Labute approximate surface area is 92.2 Å². The Bertz CT molecular complexity index is 413. The van der Waals surface area contributed by atoms with Crippen molar-refractivity contribution in [3.63, 3.8) is 0 Å². The SMILES string of the molecule is C=Cc1[nH]cc(/C(C)=C/C)c1C=C(C)C. The minimum absolute atomic E-state index is 1.09. The molecule has 1 nitrogen and oxygen atoms in total. The van der Waals surface area contributed by atoms with Crippen LogP contribution in [0, 0.1) is 0 Å². The number of nitrogens with one attached hydrogen (secondary N) is 1. The van der Waals surface area contributed by atoms with Gasteiger partial charge < -0.3 is 4.98 Å². The average Bonchev–Trinajstić information content (AvgIpc) is 2.59. The van der Waals surface area contributed by atoms with Gasteiger partial charge in [-0.2, -0.15) is 0 Å². The summed E-state index contributed by atoms with van der Waals surface area (Å²) in [5, 5.41) is 0. The quantitative estimate of drug-likeness (QED) is 0.741. The molecule has 0 aliphatic rings. The Hall–Kier alpha value is -1.50. The molecule has 0 aliphatic heterocycles. The second-order valence-electron chi connectivity index (χ2n) is 3.93. The molecule has 0 bridgehead atoms. The summed E-state index contributed by atoms with van der Waals surface area (Å²) in [7, 11) is 0. The van der Waals surface area contributed by atoms with Crippen molar-refractivity contribution >= 4 is 17.7 Å². The monoisotopic (exact) mass is 201 g/mol. The van der Waals surface area contributed by atoms with Gasteiger partial charge in [-0.25, -0.2) is 0 Å². The van der Waals surface area contributed by atoms with E-state index in [0.29, 0.717) is 0 Å². The van der Waals surface area contributed by atoms with Gasteiger partial charge in [-0.05, 0) is 39.3 Å². The maximum atomic E-state index is 3.82. The van der Waals surface area contributed by atoms with Crippen molar-refractivity contribution in [3.05, 3.63) is 41.2 Å². The number of allylic oxidation sites excluding steroid dienone is 3. The van der Waals surface area contributed by atoms with Crippen molar-refractivity contribution in [2.75, 3.05) is 0 Å². The van der Waals surface area contributed by atoms with Crippen molar-refractivity contribution in [3.8, 4) is 0 Å². The predicted octanol–water partition coefficient (Wildman–Crippen LogP) is 4.50. The average molecular weight is 201 g/mol. The Morgan fingerprint density at radius 1 is 1.33 bits per heavy atom. The van der Waals surface area contributed by atoms with E-state index in [1.165, 1.54) is 22.3 Å². The number of hydrogen-bond acceptors (Lipinski definition) is 0.